The Labute approximate surface area is 112 Å². The van der Waals surface area contributed by atoms with Crippen LogP contribution in [0.25, 0.3) is 6.08 Å². The van der Waals surface area contributed by atoms with Gasteiger partial charge in [-0.2, -0.15) is 4.42 Å². The highest BCUT2D eigenvalue weighted by Gasteiger charge is 2.42. The molecule has 1 aliphatic heterocycles. The number of carbonyl (C=O) groups excluding carboxylic acids is 1. The molecule has 0 bridgehead atoms. The van der Waals surface area contributed by atoms with Crippen LogP contribution in [-0.2, 0) is 9.53 Å². The third-order valence-electron chi connectivity index (χ3n) is 2.95. The van der Waals surface area contributed by atoms with Gasteiger partial charge in [0.2, 0.25) is 0 Å². The molecular formula is C14H16ClNO2. The first-order chi connectivity index (χ1) is 8.50. The van der Waals surface area contributed by atoms with Crippen LogP contribution in [0.1, 0.15) is 19.4 Å². The minimum absolute atomic E-state index is 0.0422. The number of rotatable bonds is 3. The van der Waals surface area contributed by atoms with Crippen molar-refractivity contribution in [3.8, 4) is 0 Å². The molecule has 4 heteroatoms. The van der Waals surface area contributed by atoms with E-state index in [0.717, 1.165) is 5.56 Å². The molecule has 1 unspecified atom stereocenters. The average molecular weight is 266 g/mol. The lowest BCUT2D eigenvalue weighted by atomic mass is 10.1. The highest BCUT2D eigenvalue weighted by Crippen LogP contribution is 2.29. The molecular weight excluding hydrogens is 250 g/mol. The number of ketones is 1. The molecule has 0 amide bonds. The molecule has 1 saturated heterocycles. The number of ether oxygens (including phenoxy) is 1. The average Bonchev–Trinajstić information content (AvgIpc) is 2.63. The summed E-state index contributed by atoms with van der Waals surface area (Å²) in [6, 6.07) is 9.27. The smallest absolute Gasteiger partial charge is 0.176 e. The van der Waals surface area contributed by atoms with Crippen molar-refractivity contribution in [3.63, 3.8) is 0 Å². The van der Waals surface area contributed by atoms with E-state index in [-0.39, 0.29) is 5.78 Å². The quantitative estimate of drug-likeness (QED) is 0.622. The maximum atomic E-state index is 12.0. The molecule has 0 aromatic heterocycles. The Morgan fingerprint density at radius 1 is 1.44 bits per heavy atom. The first-order valence-electron chi connectivity index (χ1n) is 5.87. The molecule has 1 aliphatic rings. The fourth-order valence-corrected chi connectivity index (χ4v) is 2.03. The van der Waals surface area contributed by atoms with E-state index in [1.165, 1.54) is 4.42 Å². The van der Waals surface area contributed by atoms with E-state index in [2.05, 4.69) is 0 Å². The molecule has 18 heavy (non-hydrogen) atoms. The summed E-state index contributed by atoms with van der Waals surface area (Å²) in [6.45, 7) is 4.01. The van der Waals surface area contributed by atoms with E-state index in [9.17, 15) is 4.79 Å². The van der Waals surface area contributed by atoms with Gasteiger partial charge >= 0.3 is 0 Å². The number of nitrogens with zero attached hydrogens (tertiary/aromatic N) is 1. The standard InChI is InChI=1S/C14H16ClNO2/c1-14(2)16(15)12(10-18-14)13(17)9-8-11-6-4-3-5-7-11/h3-9,12H,10H2,1-2H3. The Morgan fingerprint density at radius 2 is 2.11 bits per heavy atom. The first-order valence-corrected chi connectivity index (χ1v) is 6.20. The Balaban J connectivity index is 2.04. The van der Waals surface area contributed by atoms with Crippen molar-refractivity contribution in [2.45, 2.75) is 25.6 Å². The molecule has 3 nitrogen and oxygen atoms in total. The van der Waals surface area contributed by atoms with Crippen LogP contribution in [0.3, 0.4) is 0 Å². The fourth-order valence-electron chi connectivity index (χ4n) is 1.83. The van der Waals surface area contributed by atoms with Crippen LogP contribution in [0.4, 0.5) is 0 Å². The molecule has 0 saturated carbocycles. The zero-order chi connectivity index (χ0) is 13.2. The number of hydrogen-bond donors (Lipinski definition) is 0. The molecule has 0 aliphatic carbocycles. The molecule has 1 fully saturated rings. The van der Waals surface area contributed by atoms with Crippen LogP contribution >= 0.6 is 11.8 Å². The van der Waals surface area contributed by atoms with Gasteiger partial charge in [-0.25, -0.2) is 0 Å². The molecule has 0 spiro atoms. The second-order valence-electron chi connectivity index (χ2n) is 4.73. The second-order valence-corrected chi connectivity index (χ2v) is 5.10. The fraction of sp³-hybridized carbons (Fsp3) is 0.357. The number of halogens is 1. The van der Waals surface area contributed by atoms with Crippen LogP contribution in [0.2, 0.25) is 0 Å². The van der Waals surface area contributed by atoms with Gasteiger partial charge in [-0.15, -0.1) is 0 Å². The molecule has 0 radical (unpaired) electrons. The maximum absolute atomic E-state index is 12.0. The predicted molar refractivity (Wildman–Crippen MR) is 72.0 cm³/mol. The minimum Gasteiger partial charge on any atom is -0.358 e. The van der Waals surface area contributed by atoms with Gasteiger partial charge in [0.25, 0.3) is 0 Å². The Kier molecular flexibility index (Phi) is 3.85. The van der Waals surface area contributed by atoms with Gasteiger partial charge in [0.1, 0.15) is 11.8 Å². The summed E-state index contributed by atoms with van der Waals surface area (Å²) in [4.78, 5) is 12.0. The van der Waals surface area contributed by atoms with Crippen molar-refractivity contribution in [2.75, 3.05) is 6.61 Å². The van der Waals surface area contributed by atoms with E-state index in [4.69, 9.17) is 16.5 Å². The van der Waals surface area contributed by atoms with Crippen molar-refractivity contribution in [3.05, 3.63) is 42.0 Å². The summed E-state index contributed by atoms with van der Waals surface area (Å²) >= 11 is 6.10. The van der Waals surface area contributed by atoms with Gasteiger partial charge in [-0.1, -0.05) is 36.4 Å². The molecule has 2 rings (SSSR count). The van der Waals surface area contributed by atoms with Gasteiger partial charge < -0.3 is 4.74 Å². The third kappa shape index (κ3) is 2.80. The summed E-state index contributed by atoms with van der Waals surface area (Å²) in [5, 5.41) is 0. The van der Waals surface area contributed by atoms with E-state index in [0.29, 0.717) is 6.61 Å². The highest BCUT2D eigenvalue weighted by atomic mass is 35.5. The van der Waals surface area contributed by atoms with Crippen LogP contribution in [0, 0.1) is 0 Å². The summed E-state index contributed by atoms with van der Waals surface area (Å²) in [7, 11) is 0. The number of benzene rings is 1. The summed E-state index contributed by atoms with van der Waals surface area (Å²) < 4.78 is 6.93. The largest absolute Gasteiger partial charge is 0.358 e. The first kappa shape index (κ1) is 13.3. The van der Waals surface area contributed by atoms with Crippen LogP contribution in [-0.4, -0.2) is 28.6 Å². The van der Waals surface area contributed by atoms with Gasteiger partial charge in [0.05, 0.1) is 6.61 Å². The summed E-state index contributed by atoms with van der Waals surface area (Å²) in [5.74, 6) is -0.0422. The lowest BCUT2D eigenvalue weighted by Crippen LogP contribution is -2.39. The Bertz CT molecular complexity index is 456. The van der Waals surface area contributed by atoms with Gasteiger partial charge in [-0.05, 0) is 37.3 Å². The second kappa shape index (κ2) is 5.22. The minimum atomic E-state index is -0.595. The zero-order valence-electron chi connectivity index (χ0n) is 10.5. The zero-order valence-corrected chi connectivity index (χ0v) is 11.2. The third-order valence-corrected chi connectivity index (χ3v) is 3.59. The predicted octanol–water partition coefficient (Wildman–Crippen LogP) is 2.86. The molecule has 1 heterocycles. The van der Waals surface area contributed by atoms with Crippen molar-refractivity contribution < 1.29 is 9.53 Å². The lowest BCUT2D eigenvalue weighted by molar-refractivity contribution is -0.117. The molecule has 1 aromatic carbocycles. The summed E-state index contributed by atoms with van der Waals surface area (Å²) in [5.41, 5.74) is 0.396. The SMILES string of the molecule is CC1(C)OCC(C(=O)C=Cc2ccccc2)N1Cl. The Hall–Kier alpha value is -1.16. The Morgan fingerprint density at radius 3 is 2.67 bits per heavy atom. The summed E-state index contributed by atoms with van der Waals surface area (Å²) in [6.07, 6.45) is 3.35. The molecule has 0 N–H and O–H groups in total. The van der Waals surface area contributed by atoms with E-state index in [1.54, 1.807) is 12.2 Å². The molecule has 1 atom stereocenters. The van der Waals surface area contributed by atoms with Crippen molar-refractivity contribution in [1.29, 1.82) is 0 Å². The van der Waals surface area contributed by atoms with Crippen molar-refractivity contribution >= 4 is 23.6 Å². The monoisotopic (exact) mass is 265 g/mol. The molecule has 1 aromatic rings. The van der Waals surface area contributed by atoms with Gasteiger partial charge in [0, 0.05) is 0 Å². The topological polar surface area (TPSA) is 29.5 Å². The van der Waals surface area contributed by atoms with Crippen molar-refractivity contribution in [1.82, 2.24) is 4.42 Å². The number of hydrogen-bond acceptors (Lipinski definition) is 3. The lowest BCUT2D eigenvalue weighted by Gasteiger charge is -2.25. The van der Waals surface area contributed by atoms with Crippen molar-refractivity contribution in [2.24, 2.45) is 0 Å². The van der Waals surface area contributed by atoms with Gasteiger partial charge in [-0.3, -0.25) is 4.79 Å². The normalized spacial score (nSPS) is 23.6. The number of carbonyl (C=O) groups is 1. The highest BCUT2D eigenvalue weighted by molar-refractivity contribution is 6.16. The van der Waals surface area contributed by atoms with E-state index in [1.807, 2.05) is 44.2 Å². The molecule has 96 valence electrons. The van der Waals surface area contributed by atoms with Gasteiger partial charge in [0.15, 0.2) is 5.78 Å². The van der Waals surface area contributed by atoms with Crippen LogP contribution < -0.4 is 0 Å². The van der Waals surface area contributed by atoms with E-state index >= 15 is 0 Å². The maximum Gasteiger partial charge on any atom is 0.176 e. The van der Waals surface area contributed by atoms with E-state index < -0.39 is 11.8 Å². The van der Waals surface area contributed by atoms with Crippen LogP contribution in [0.15, 0.2) is 36.4 Å². The van der Waals surface area contributed by atoms with Crippen LogP contribution in [0.5, 0.6) is 0 Å².